The van der Waals surface area contributed by atoms with E-state index in [2.05, 4.69) is 5.32 Å². The fraction of sp³-hybridized carbons (Fsp3) is 0.125. The van der Waals surface area contributed by atoms with Crippen LogP contribution >= 0.6 is 23.2 Å². The van der Waals surface area contributed by atoms with E-state index in [1.165, 1.54) is 25.1 Å². The van der Waals surface area contributed by atoms with E-state index in [0.29, 0.717) is 11.1 Å². The maximum absolute atomic E-state index is 13.6. The first-order valence-corrected chi connectivity index (χ1v) is 7.62. The molecule has 2 aromatic carbocycles. The van der Waals surface area contributed by atoms with Gasteiger partial charge in [-0.1, -0.05) is 23.2 Å². The van der Waals surface area contributed by atoms with Gasteiger partial charge in [0, 0.05) is 11.9 Å². The Balaban J connectivity index is 2.22. The highest BCUT2D eigenvalue weighted by molar-refractivity contribution is 6.36. The monoisotopic (exact) mass is 390 g/mol. The number of nitrogens with one attached hydrogen (secondary N) is 1. The zero-order chi connectivity index (χ0) is 18.7. The van der Waals surface area contributed by atoms with Gasteiger partial charge in [-0.25, -0.2) is 13.2 Å². The number of carbonyl (C=O) groups excluding carboxylic acids is 2. The van der Waals surface area contributed by atoms with Crippen molar-refractivity contribution in [2.45, 2.75) is 6.92 Å². The topological polar surface area (TPSA) is 49.4 Å². The minimum atomic E-state index is -1.71. The number of carbonyl (C=O) groups is 2. The summed E-state index contributed by atoms with van der Waals surface area (Å²) in [6, 6.07) is 5.86. The Labute approximate surface area is 151 Å². The lowest BCUT2D eigenvalue weighted by molar-refractivity contribution is -0.120. The van der Waals surface area contributed by atoms with Crippen molar-refractivity contribution in [3.05, 3.63) is 57.8 Å². The second-order valence-electron chi connectivity index (χ2n) is 4.97. The van der Waals surface area contributed by atoms with Gasteiger partial charge in [-0.2, -0.15) is 0 Å². The normalized spacial score (nSPS) is 10.5. The van der Waals surface area contributed by atoms with Gasteiger partial charge in [0.25, 0.3) is 0 Å². The van der Waals surface area contributed by atoms with Gasteiger partial charge in [-0.15, -0.1) is 0 Å². The average molecular weight is 391 g/mol. The molecular formula is C16H11Cl2F3N2O2. The second kappa shape index (κ2) is 7.76. The Bertz CT molecular complexity index is 846. The van der Waals surface area contributed by atoms with Crippen molar-refractivity contribution in [1.29, 1.82) is 0 Å². The molecule has 0 aliphatic heterocycles. The lowest BCUT2D eigenvalue weighted by atomic mass is 10.2. The Morgan fingerprint density at radius 1 is 1.08 bits per heavy atom. The van der Waals surface area contributed by atoms with Crippen molar-refractivity contribution in [2.24, 2.45) is 0 Å². The predicted molar refractivity (Wildman–Crippen MR) is 89.4 cm³/mol. The van der Waals surface area contributed by atoms with Gasteiger partial charge in [-0.3, -0.25) is 9.59 Å². The van der Waals surface area contributed by atoms with Gasteiger partial charge < -0.3 is 10.2 Å². The lowest BCUT2D eigenvalue weighted by Gasteiger charge is -2.22. The Kier molecular flexibility index (Phi) is 5.92. The molecule has 0 fully saturated rings. The minimum absolute atomic E-state index is 0.134. The number of benzene rings is 2. The van der Waals surface area contributed by atoms with Crippen LogP contribution in [-0.2, 0) is 9.59 Å². The van der Waals surface area contributed by atoms with E-state index in [4.69, 9.17) is 23.2 Å². The third-order valence-corrected chi connectivity index (χ3v) is 3.73. The third-order valence-electron chi connectivity index (χ3n) is 3.19. The fourth-order valence-electron chi connectivity index (χ4n) is 2.02. The molecule has 9 heteroatoms. The van der Waals surface area contributed by atoms with Crippen molar-refractivity contribution in [1.82, 2.24) is 0 Å². The average Bonchev–Trinajstić information content (AvgIpc) is 2.53. The molecule has 0 saturated carbocycles. The Hall–Kier alpha value is -2.25. The molecule has 0 heterocycles. The van der Waals surface area contributed by atoms with Crippen LogP contribution < -0.4 is 10.2 Å². The zero-order valence-corrected chi connectivity index (χ0v) is 14.3. The molecular weight excluding hydrogens is 380 g/mol. The SMILES string of the molecule is CC(=O)N(CC(=O)Nc1ccc(F)c(F)c1F)c1ccc(Cl)cc1Cl. The second-order valence-corrected chi connectivity index (χ2v) is 5.82. The molecule has 0 aliphatic carbocycles. The van der Waals surface area contributed by atoms with Crippen molar-refractivity contribution < 1.29 is 22.8 Å². The number of nitrogens with zero attached hydrogens (tertiary/aromatic N) is 1. The quantitative estimate of drug-likeness (QED) is 0.786. The largest absolute Gasteiger partial charge is 0.322 e. The summed E-state index contributed by atoms with van der Waals surface area (Å²) in [5, 5.41) is 2.55. The molecule has 0 unspecified atom stereocenters. The third kappa shape index (κ3) is 4.43. The highest BCUT2D eigenvalue weighted by Crippen LogP contribution is 2.29. The van der Waals surface area contributed by atoms with Crippen LogP contribution in [0.1, 0.15) is 6.92 Å². The molecule has 0 bridgehead atoms. The molecule has 0 aromatic heterocycles. The highest BCUT2D eigenvalue weighted by atomic mass is 35.5. The number of halogens is 5. The maximum Gasteiger partial charge on any atom is 0.244 e. The van der Waals surface area contributed by atoms with Crippen LogP contribution in [0.2, 0.25) is 10.0 Å². The smallest absolute Gasteiger partial charge is 0.244 e. The number of rotatable bonds is 4. The van der Waals surface area contributed by atoms with Gasteiger partial charge in [0.1, 0.15) is 6.54 Å². The van der Waals surface area contributed by atoms with Crippen molar-refractivity contribution >= 4 is 46.4 Å². The molecule has 2 rings (SSSR count). The molecule has 0 aliphatic rings. The van der Waals surface area contributed by atoms with Crippen LogP contribution in [0.3, 0.4) is 0 Å². The molecule has 2 amide bonds. The van der Waals surface area contributed by atoms with E-state index in [1.54, 1.807) is 0 Å². The molecule has 0 spiro atoms. The number of hydrogen-bond acceptors (Lipinski definition) is 2. The Morgan fingerprint density at radius 2 is 1.76 bits per heavy atom. The first kappa shape index (κ1) is 19.1. The Morgan fingerprint density at radius 3 is 2.36 bits per heavy atom. The van der Waals surface area contributed by atoms with Crippen LogP contribution in [0.5, 0.6) is 0 Å². The van der Waals surface area contributed by atoms with E-state index >= 15 is 0 Å². The summed E-state index contributed by atoms with van der Waals surface area (Å²) in [5.74, 6) is -5.96. The molecule has 2 aromatic rings. The molecule has 4 nitrogen and oxygen atoms in total. The van der Waals surface area contributed by atoms with Gasteiger partial charge >= 0.3 is 0 Å². The fourth-order valence-corrected chi connectivity index (χ4v) is 2.53. The summed E-state index contributed by atoms with van der Waals surface area (Å²) in [7, 11) is 0. The lowest BCUT2D eigenvalue weighted by Crippen LogP contribution is -2.37. The van der Waals surface area contributed by atoms with E-state index in [1.807, 2.05) is 0 Å². The highest BCUT2D eigenvalue weighted by Gasteiger charge is 2.20. The predicted octanol–water partition coefficient (Wildman–Crippen LogP) is 4.40. The van der Waals surface area contributed by atoms with Crippen molar-refractivity contribution in [3.8, 4) is 0 Å². The van der Waals surface area contributed by atoms with Gasteiger partial charge in [0.15, 0.2) is 17.5 Å². The molecule has 0 atom stereocenters. The molecule has 0 radical (unpaired) electrons. The van der Waals surface area contributed by atoms with Gasteiger partial charge in [-0.05, 0) is 30.3 Å². The van der Waals surface area contributed by atoms with Crippen molar-refractivity contribution in [3.63, 3.8) is 0 Å². The summed E-state index contributed by atoms with van der Waals surface area (Å²) in [6.45, 7) is 0.686. The maximum atomic E-state index is 13.6. The minimum Gasteiger partial charge on any atom is -0.322 e. The van der Waals surface area contributed by atoms with E-state index < -0.39 is 41.5 Å². The van der Waals surface area contributed by atoms with Crippen LogP contribution in [0.25, 0.3) is 0 Å². The standard InChI is InChI=1S/C16H11Cl2F3N2O2/c1-8(24)23(13-5-2-9(17)6-10(13)18)7-14(25)22-12-4-3-11(19)15(20)16(12)21/h2-6H,7H2,1H3,(H,22,25). The van der Waals surface area contributed by atoms with Crippen LogP contribution in [0.15, 0.2) is 30.3 Å². The van der Waals surface area contributed by atoms with Gasteiger partial charge in [0.05, 0.1) is 16.4 Å². The van der Waals surface area contributed by atoms with E-state index in [9.17, 15) is 22.8 Å². The number of anilines is 2. The molecule has 132 valence electrons. The van der Waals surface area contributed by atoms with E-state index in [0.717, 1.165) is 11.0 Å². The zero-order valence-electron chi connectivity index (χ0n) is 12.7. The van der Waals surface area contributed by atoms with Crippen LogP contribution in [0, 0.1) is 17.5 Å². The summed E-state index contributed by atoms with van der Waals surface area (Å²) in [4.78, 5) is 24.9. The summed E-state index contributed by atoms with van der Waals surface area (Å²) in [5.41, 5.74) is -0.325. The molecule has 0 saturated heterocycles. The summed E-state index contributed by atoms with van der Waals surface area (Å²) >= 11 is 11.8. The van der Waals surface area contributed by atoms with Gasteiger partial charge in [0.2, 0.25) is 11.8 Å². The van der Waals surface area contributed by atoms with E-state index in [-0.39, 0.29) is 10.7 Å². The first-order valence-electron chi connectivity index (χ1n) is 6.87. The number of hydrogen-bond donors (Lipinski definition) is 1. The van der Waals surface area contributed by atoms with Crippen molar-refractivity contribution in [2.75, 3.05) is 16.8 Å². The number of amides is 2. The molecule has 1 N–H and O–H groups in total. The summed E-state index contributed by atoms with van der Waals surface area (Å²) in [6.07, 6.45) is 0. The van der Waals surface area contributed by atoms with Crippen LogP contribution in [-0.4, -0.2) is 18.4 Å². The first-order chi connectivity index (χ1) is 11.7. The molecule has 25 heavy (non-hydrogen) atoms. The van der Waals surface area contributed by atoms with Crippen LogP contribution in [0.4, 0.5) is 24.5 Å². The summed E-state index contributed by atoms with van der Waals surface area (Å²) < 4.78 is 39.7.